The molecule has 14 heavy (non-hydrogen) atoms. The van der Waals surface area contributed by atoms with Gasteiger partial charge in [0, 0.05) is 12.7 Å². The van der Waals surface area contributed by atoms with E-state index in [-0.39, 0.29) is 0 Å². The maximum Gasteiger partial charge on any atom is 0.152 e. The molecule has 1 aromatic heterocycles. The normalized spacial score (nSPS) is 16.4. The van der Waals surface area contributed by atoms with Gasteiger partial charge >= 0.3 is 0 Å². The summed E-state index contributed by atoms with van der Waals surface area (Å²) in [6, 6.07) is 2.05. The minimum Gasteiger partial charge on any atom is -0.382 e. The fourth-order valence-corrected chi connectivity index (χ4v) is 1.80. The van der Waals surface area contributed by atoms with E-state index in [0.717, 1.165) is 23.7 Å². The van der Waals surface area contributed by atoms with Crippen LogP contribution in [0.25, 0.3) is 0 Å². The molecule has 1 aliphatic carbocycles. The molecule has 0 saturated heterocycles. The van der Waals surface area contributed by atoms with Crippen molar-refractivity contribution in [2.24, 2.45) is 5.92 Å². The number of hydrogen-bond donors (Lipinski definition) is 1. The Balaban J connectivity index is 1.96. The van der Waals surface area contributed by atoms with Crippen LogP contribution in [0, 0.1) is 12.8 Å². The standard InChI is InChI=1S/C11H15ClN2/c1-8-5-10(11(12)14-6-8)13-7-9-3-2-4-9/h5-6,9,13H,2-4,7H2,1H3. The Bertz CT molecular complexity index is 321. The van der Waals surface area contributed by atoms with Crippen molar-refractivity contribution in [3.8, 4) is 0 Å². The lowest BCUT2D eigenvalue weighted by Crippen LogP contribution is -2.21. The summed E-state index contributed by atoms with van der Waals surface area (Å²) in [4.78, 5) is 4.10. The molecule has 3 heteroatoms. The number of pyridine rings is 1. The molecule has 1 N–H and O–H groups in total. The van der Waals surface area contributed by atoms with Gasteiger partial charge in [-0.3, -0.25) is 0 Å². The van der Waals surface area contributed by atoms with E-state index in [1.54, 1.807) is 6.20 Å². The Morgan fingerprint density at radius 1 is 1.57 bits per heavy atom. The second-order valence-electron chi connectivity index (χ2n) is 4.03. The van der Waals surface area contributed by atoms with Crippen molar-refractivity contribution in [3.63, 3.8) is 0 Å². The van der Waals surface area contributed by atoms with Gasteiger partial charge in [-0.2, -0.15) is 0 Å². The SMILES string of the molecule is Cc1cnc(Cl)c(NCC2CCC2)c1. The Morgan fingerprint density at radius 2 is 2.36 bits per heavy atom. The summed E-state index contributed by atoms with van der Waals surface area (Å²) in [6.45, 7) is 3.06. The molecule has 1 aliphatic rings. The molecular weight excluding hydrogens is 196 g/mol. The highest BCUT2D eigenvalue weighted by atomic mass is 35.5. The van der Waals surface area contributed by atoms with Gasteiger partial charge in [0.2, 0.25) is 0 Å². The molecule has 0 bridgehead atoms. The summed E-state index contributed by atoms with van der Waals surface area (Å²) < 4.78 is 0. The predicted molar refractivity (Wildman–Crippen MR) is 59.8 cm³/mol. The molecule has 1 aromatic rings. The Hall–Kier alpha value is -0.760. The van der Waals surface area contributed by atoms with E-state index in [1.165, 1.54) is 19.3 Å². The molecule has 0 atom stereocenters. The van der Waals surface area contributed by atoms with Crippen molar-refractivity contribution in [3.05, 3.63) is 23.0 Å². The molecular formula is C11H15ClN2. The zero-order chi connectivity index (χ0) is 9.97. The Labute approximate surface area is 89.7 Å². The fourth-order valence-electron chi connectivity index (χ4n) is 1.63. The van der Waals surface area contributed by atoms with E-state index in [4.69, 9.17) is 11.6 Å². The molecule has 0 aromatic carbocycles. The monoisotopic (exact) mass is 210 g/mol. The van der Waals surface area contributed by atoms with Crippen molar-refractivity contribution >= 4 is 17.3 Å². The average Bonchev–Trinajstić information content (AvgIpc) is 2.08. The third kappa shape index (κ3) is 2.18. The first-order valence-corrected chi connectivity index (χ1v) is 5.49. The zero-order valence-electron chi connectivity index (χ0n) is 8.39. The number of halogens is 1. The first kappa shape index (κ1) is 9.78. The molecule has 0 radical (unpaired) electrons. The molecule has 0 unspecified atom stereocenters. The van der Waals surface area contributed by atoms with Crippen molar-refractivity contribution < 1.29 is 0 Å². The maximum atomic E-state index is 5.97. The van der Waals surface area contributed by atoms with Crippen molar-refractivity contribution in [2.75, 3.05) is 11.9 Å². The van der Waals surface area contributed by atoms with Crippen LogP contribution in [-0.4, -0.2) is 11.5 Å². The summed E-state index contributed by atoms with van der Waals surface area (Å²) in [5.74, 6) is 0.839. The van der Waals surface area contributed by atoms with Gasteiger partial charge in [0.15, 0.2) is 5.15 Å². The smallest absolute Gasteiger partial charge is 0.152 e. The van der Waals surface area contributed by atoms with Crippen LogP contribution >= 0.6 is 11.6 Å². The second-order valence-corrected chi connectivity index (χ2v) is 4.39. The van der Waals surface area contributed by atoms with E-state index in [1.807, 2.05) is 13.0 Å². The highest BCUT2D eigenvalue weighted by molar-refractivity contribution is 6.31. The maximum absolute atomic E-state index is 5.97. The molecule has 0 spiro atoms. The number of aromatic nitrogens is 1. The van der Waals surface area contributed by atoms with Crippen LogP contribution in [0.2, 0.25) is 5.15 Å². The minimum absolute atomic E-state index is 0.579. The summed E-state index contributed by atoms with van der Waals surface area (Å²) in [5.41, 5.74) is 2.11. The first-order chi connectivity index (χ1) is 6.75. The summed E-state index contributed by atoms with van der Waals surface area (Å²) >= 11 is 5.97. The number of hydrogen-bond acceptors (Lipinski definition) is 2. The molecule has 1 saturated carbocycles. The van der Waals surface area contributed by atoms with Crippen molar-refractivity contribution in [1.82, 2.24) is 4.98 Å². The van der Waals surface area contributed by atoms with Crippen molar-refractivity contribution in [2.45, 2.75) is 26.2 Å². The van der Waals surface area contributed by atoms with Crippen LogP contribution in [0.3, 0.4) is 0 Å². The molecule has 1 fully saturated rings. The van der Waals surface area contributed by atoms with Crippen LogP contribution in [0.1, 0.15) is 24.8 Å². The van der Waals surface area contributed by atoms with E-state index >= 15 is 0 Å². The number of nitrogens with zero attached hydrogens (tertiary/aromatic N) is 1. The van der Waals surface area contributed by atoms with Crippen LogP contribution in [0.5, 0.6) is 0 Å². The average molecular weight is 211 g/mol. The molecule has 2 nitrogen and oxygen atoms in total. The molecule has 0 aliphatic heterocycles. The Kier molecular flexibility index (Phi) is 2.92. The highest BCUT2D eigenvalue weighted by Crippen LogP contribution is 2.27. The number of aryl methyl sites for hydroxylation is 1. The largest absolute Gasteiger partial charge is 0.382 e. The number of nitrogens with one attached hydrogen (secondary N) is 1. The number of rotatable bonds is 3. The summed E-state index contributed by atoms with van der Waals surface area (Å²) in [7, 11) is 0. The summed E-state index contributed by atoms with van der Waals surface area (Å²) in [5, 5.41) is 3.94. The van der Waals surface area contributed by atoms with Crippen LogP contribution in [0.15, 0.2) is 12.3 Å². The topological polar surface area (TPSA) is 24.9 Å². The van der Waals surface area contributed by atoms with Gasteiger partial charge in [-0.1, -0.05) is 18.0 Å². The van der Waals surface area contributed by atoms with Gasteiger partial charge in [0.25, 0.3) is 0 Å². The lowest BCUT2D eigenvalue weighted by atomic mass is 9.85. The van der Waals surface area contributed by atoms with Gasteiger partial charge in [-0.05, 0) is 37.3 Å². The van der Waals surface area contributed by atoms with Crippen LogP contribution < -0.4 is 5.32 Å². The quantitative estimate of drug-likeness (QED) is 0.775. The third-order valence-corrected chi connectivity index (χ3v) is 3.08. The van der Waals surface area contributed by atoms with Gasteiger partial charge in [-0.25, -0.2) is 4.98 Å². The summed E-state index contributed by atoms with van der Waals surface area (Å²) in [6.07, 6.45) is 5.87. The lowest BCUT2D eigenvalue weighted by molar-refractivity contribution is 0.333. The van der Waals surface area contributed by atoms with E-state index < -0.39 is 0 Å². The van der Waals surface area contributed by atoms with Crippen LogP contribution in [0.4, 0.5) is 5.69 Å². The first-order valence-electron chi connectivity index (χ1n) is 5.12. The molecule has 76 valence electrons. The predicted octanol–water partition coefficient (Wildman–Crippen LogP) is 3.26. The zero-order valence-corrected chi connectivity index (χ0v) is 9.14. The molecule has 1 heterocycles. The highest BCUT2D eigenvalue weighted by Gasteiger charge is 2.17. The fraction of sp³-hybridized carbons (Fsp3) is 0.545. The van der Waals surface area contributed by atoms with Gasteiger partial charge in [0.1, 0.15) is 0 Å². The van der Waals surface area contributed by atoms with E-state index in [9.17, 15) is 0 Å². The minimum atomic E-state index is 0.579. The third-order valence-electron chi connectivity index (χ3n) is 2.78. The van der Waals surface area contributed by atoms with Gasteiger partial charge in [-0.15, -0.1) is 0 Å². The molecule has 0 amide bonds. The number of anilines is 1. The van der Waals surface area contributed by atoms with Gasteiger partial charge < -0.3 is 5.32 Å². The second kappa shape index (κ2) is 4.18. The van der Waals surface area contributed by atoms with Crippen LogP contribution in [-0.2, 0) is 0 Å². The van der Waals surface area contributed by atoms with Crippen molar-refractivity contribution in [1.29, 1.82) is 0 Å². The Morgan fingerprint density at radius 3 is 3.00 bits per heavy atom. The molecule has 2 rings (SSSR count). The van der Waals surface area contributed by atoms with E-state index in [2.05, 4.69) is 10.3 Å². The van der Waals surface area contributed by atoms with E-state index in [0.29, 0.717) is 5.15 Å². The van der Waals surface area contributed by atoms with Gasteiger partial charge in [0.05, 0.1) is 5.69 Å². The lowest BCUT2D eigenvalue weighted by Gasteiger charge is -2.26.